The minimum atomic E-state index is -0.962. The van der Waals surface area contributed by atoms with Gasteiger partial charge in [0.25, 0.3) is 0 Å². The number of hydrogen-bond acceptors (Lipinski definition) is 2. The predicted octanol–water partition coefficient (Wildman–Crippen LogP) is 2.85. The van der Waals surface area contributed by atoms with E-state index >= 15 is 0 Å². The normalized spacial score (nSPS) is 23.9. The molecule has 0 bridgehead atoms. The summed E-state index contributed by atoms with van der Waals surface area (Å²) in [5.74, 6) is -0.438. The standard InChI is InChI=1S/C15H28N2O3/c1-4-11(3)17(10-14(18)19)15(20)16-13-9-7-6-8-12(13)5-2/h11-13H,4-10H2,1-3H3,(H,16,20)(H,18,19). The zero-order valence-electron chi connectivity index (χ0n) is 12.9. The van der Waals surface area contributed by atoms with E-state index in [1.54, 1.807) is 0 Å². The lowest BCUT2D eigenvalue weighted by molar-refractivity contribution is -0.138. The molecule has 1 saturated carbocycles. The minimum Gasteiger partial charge on any atom is -0.480 e. The van der Waals surface area contributed by atoms with Crippen LogP contribution in [0.4, 0.5) is 4.79 Å². The number of hydrogen-bond donors (Lipinski definition) is 2. The summed E-state index contributed by atoms with van der Waals surface area (Å²) in [6, 6.07) is -0.0940. The Labute approximate surface area is 121 Å². The van der Waals surface area contributed by atoms with Gasteiger partial charge in [0, 0.05) is 12.1 Å². The molecule has 3 unspecified atom stereocenters. The molecule has 1 aliphatic carbocycles. The Bertz CT molecular complexity index is 333. The topological polar surface area (TPSA) is 69.6 Å². The summed E-state index contributed by atoms with van der Waals surface area (Å²) >= 11 is 0. The number of urea groups is 1. The van der Waals surface area contributed by atoms with Crippen LogP contribution in [0.1, 0.15) is 59.3 Å². The molecule has 1 fully saturated rings. The van der Waals surface area contributed by atoms with Crippen LogP contribution in [-0.4, -0.2) is 40.6 Å². The van der Waals surface area contributed by atoms with E-state index in [2.05, 4.69) is 12.2 Å². The third-order valence-electron chi connectivity index (χ3n) is 4.43. The van der Waals surface area contributed by atoms with Crippen LogP contribution in [0.3, 0.4) is 0 Å². The van der Waals surface area contributed by atoms with Gasteiger partial charge in [-0.05, 0) is 32.1 Å². The van der Waals surface area contributed by atoms with Gasteiger partial charge < -0.3 is 15.3 Å². The molecule has 0 saturated heterocycles. The van der Waals surface area contributed by atoms with Crippen molar-refractivity contribution >= 4 is 12.0 Å². The zero-order valence-corrected chi connectivity index (χ0v) is 12.9. The third kappa shape index (κ3) is 4.69. The molecular weight excluding hydrogens is 256 g/mol. The van der Waals surface area contributed by atoms with Crippen molar-refractivity contribution in [2.45, 2.75) is 71.4 Å². The molecule has 0 spiro atoms. The highest BCUT2D eigenvalue weighted by Gasteiger charge is 2.28. The Morgan fingerprint density at radius 2 is 1.95 bits per heavy atom. The molecule has 0 heterocycles. The molecule has 0 aromatic heterocycles. The van der Waals surface area contributed by atoms with Crippen LogP contribution in [0.25, 0.3) is 0 Å². The second kappa shape index (κ2) is 8.12. The first kappa shape index (κ1) is 16.8. The maximum Gasteiger partial charge on any atom is 0.323 e. The Morgan fingerprint density at radius 1 is 1.30 bits per heavy atom. The number of carboxylic acid groups (broad SMARTS) is 1. The quantitative estimate of drug-likeness (QED) is 0.788. The molecule has 1 aliphatic rings. The van der Waals surface area contributed by atoms with Gasteiger partial charge in [-0.2, -0.15) is 0 Å². The van der Waals surface area contributed by atoms with Gasteiger partial charge in [-0.1, -0.05) is 33.1 Å². The summed E-state index contributed by atoms with van der Waals surface area (Å²) in [6.07, 6.45) is 6.35. The number of carbonyl (C=O) groups is 2. The molecule has 0 radical (unpaired) electrons. The first-order valence-corrected chi connectivity index (χ1v) is 7.78. The van der Waals surface area contributed by atoms with Gasteiger partial charge in [0.15, 0.2) is 0 Å². The van der Waals surface area contributed by atoms with Crippen molar-refractivity contribution in [1.82, 2.24) is 10.2 Å². The number of aliphatic carboxylic acids is 1. The predicted molar refractivity (Wildman–Crippen MR) is 78.7 cm³/mol. The smallest absolute Gasteiger partial charge is 0.323 e. The van der Waals surface area contributed by atoms with Gasteiger partial charge in [0.2, 0.25) is 0 Å². The fourth-order valence-corrected chi connectivity index (χ4v) is 2.92. The highest BCUT2D eigenvalue weighted by molar-refractivity contribution is 5.80. The second-order valence-electron chi connectivity index (χ2n) is 5.79. The minimum absolute atomic E-state index is 0.0604. The maximum atomic E-state index is 12.4. The maximum absolute atomic E-state index is 12.4. The summed E-state index contributed by atoms with van der Waals surface area (Å²) in [5, 5.41) is 12.0. The van der Waals surface area contributed by atoms with Crippen LogP contribution in [0.2, 0.25) is 0 Å². The van der Waals surface area contributed by atoms with Crippen LogP contribution in [0.5, 0.6) is 0 Å². The summed E-state index contributed by atoms with van der Waals surface area (Å²) < 4.78 is 0. The van der Waals surface area contributed by atoms with Crippen LogP contribution in [0, 0.1) is 5.92 Å². The number of rotatable bonds is 6. The van der Waals surface area contributed by atoms with E-state index < -0.39 is 5.97 Å². The molecule has 0 aromatic rings. The summed E-state index contributed by atoms with van der Waals surface area (Å²) in [7, 11) is 0. The number of carboxylic acids is 1. The van der Waals surface area contributed by atoms with Crippen LogP contribution in [0.15, 0.2) is 0 Å². The first-order chi connectivity index (χ1) is 9.49. The fourth-order valence-electron chi connectivity index (χ4n) is 2.92. The third-order valence-corrected chi connectivity index (χ3v) is 4.43. The SMILES string of the molecule is CCC1CCCCC1NC(=O)N(CC(=O)O)C(C)CC. The molecular formula is C15H28N2O3. The molecule has 116 valence electrons. The molecule has 20 heavy (non-hydrogen) atoms. The molecule has 5 nitrogen and oxygen atoms in total. The van der Waals surface area contributed by atoms with E-state index in [0.717, 1.165) is 32.1 Å². The van der Waals surface area contributed by atoms with E-state index in [1.165, 1.54) is 11.3 Å². The van der Waals surface area contributed by atoms with Crippen molar-refractivity contribution in [2.24, 2.45) is 5.92 Å². The van der Waals surface area contributed by atoms with Crippen molar-refractivity contribution in [3.05, 3.63) is 0 Å². The molecule has 0 aromatic carbocycles. The lowest BCUT2D eigenvalue weighted by Gasteiger charge is -2.35. The lowest BCUT2D eigenvalue weighted by Crippen LogP contribution is -2.52. The zero-order chi connectivity index (χ0) is 15.1. The first-order valence-electron chi connectivity index (χ1n) is 7.78. The largest absolute Gasteiger partial charge is 0.480 e. The van der Waals surface area contributed by atoms with Crippen LogP contribution >= 0.6 is 0 Å². The molecule has 0 aliphatic heterocycles. The van der Waals surface area contributed by atoms with Crippen molar-refractivity contribution in [3.8, 4) is 0 Å². The number of nitrogens with zero attached hydrogens (tertiary/aromatic N) is 1. The van der Waals surface area contributed by atoms with E-state index in [1.807, 2.05) is 13.8 Å². The van der Waals surface area contributed by atoms with Crippen molar-refractivity contribution < 1.29 is 14.7 Å². The van der Waals surface area contributed by atoms with Gasteiger partial charge in [-0.25, -0.2) is 4.79 Å². The highest BCUT2D eigenvalue weighted by atomic mass is 16.4. The monoisotopic (exact) mass is 284 g/mol. The van der Waals surface area contributed by atoms with Crippen molar-refractivity contribution in [3.63, 3.8) is 0 Å². The Kier molecular flexibility index (Phi) is 6.82. The summed E-state index contributed by atoms with van der Waals surface area (Å²) in [5.41, 5.74) is 0. The Hall–Kier alpha value is -1.26. The summed E-state index contributed by atoms with van der Waals surface area (Å²) in [4.78, 5) is 24.7. The fraction of sp³-hybridized carbons (Fsp3) is 0.867. The van der Waals surface area contributed by atoms with E-state index in [0.29, 0.717) is 5.92 Å². The van der Waals surface area contributed by atoms with Crippen molar-refractivity contribution in [1.29, 1.82) is 0 Å². The average Bonchev–Trinajstić information content (AvgIpc) is 2.44. The second-order valence-corrected chi connectivity index (χ2v) is 5.79. The van der Waals surface area contributed by atoms with Crippen molar-refractivity contribution in [2.75, 3.05) is 6.54 Å². The summed E-state index contributed by atoms with van der Waals surface area (Å²) in [6.45, 7) is 5.77. The van der Waals surface area contributed by atoms with Gasteiger partial charge in [0.1, 0.15) is 6.54 Å². The van der Waals surface area contributed by atoms with Gasteiger partial charge in [-0.3, -0.25) is 4.79 Å². The van der Waals surface area contributed by atoms with Gasteiger partial charge in [-0.15, -0.1) is 0 Å². The molecule has 1 rings (SSSR count). The average molecular weight is 284 g/mol. The Morgan fingerprint density at radius 3 is 2.50 bits per heavy atom. The van der Waals surface area contributed by atoms with Gasteiger partial charge in [0.05, 0.1) is 0 Å². The molecule has 2 amide bonds. The van der Waals surface area contributed by atoms with Gasteiger partial charge >= 0.3 is 12.0 Å². The number of carbonyl (C=O) groups excluding carboxylic acids is 1. The molecule has 2 N–H and O–H groups in total. The molecule has 3 atom stereocenters. The van der Waals surface area contributed by atoms with E-state index in [-0.39, 0.29) is 24.7 Å². The van der Waals surface area contributed by atoms with Crippen LogP contribution < -0.4 is 5.32 Å². The van der Waals surface area contributed by atoms with E-state index in [9.17, 15) is 9.59 Å². The Balaban J connectivity index is 2.66. The highest BCUT2D eigenvalue weighted by Crippen LogP contribution is 2.27. The lowest BCUT2D eigenvalue weighted by atomic mass is 9.83. The number of amides is 2. The molecule has 5 heteroatoms. The number of nitrogens with one attached hydrogen (secondary N) is 1. The van der Waals surface area contributed by atoms with Crippen LogP contribution in [-0.2, 0) is 4.79 Å². The van der Waals surface area contributed by atoms with E-state index in [4.69, 9.17) is 5.11 Å².